The van der Waals surface area contributed by atoms with Gasteiger partial charge in [0.2, 0.25) is 5.69 Å². The molecule has 2 aromatic carbocycles. The van der Waals surface area contributed by atoms with Crippen molar-refractivity contribution >= 4 is 28.7 Å². The van der Waals surface area contributed by atoms with Gasteiger partial charge in [-0.2, -0.15) is 4.58 Å². The number of alkyl halides is 1. The molecule has 3 atom stereocenters. The van der Waals surface area contributed by atoms with Crippen LogP contribution in [0.15, 0.2) is 72.5 Å². The minimum atomic E-state index is 0.00971. The van der Waals surface area contributed by atoms with Gasteiger partial charge in [0.15, 0.2) is 5.71 Å². The number of rotatable bonds is 4. The lowest BCUT2D eigenvalue weighted by molar-refractivity contribution is -0.401. The molecule has 184 valence electrons. The maximum atomic E-state index is 7.20. The number of allylic oxidation sites excluding steroid dienone is 4. The average molecular weight is 488 g/mol. The molecule has 0 bridgehead atoms. The van der Waals surface area contributed by atoms with Crippen molar-refractivity contribution in [3.63, 3.8) is 0 Å². The van der Waals surface area contributed by atoms with E-state index in [-0.39, 0.29) is 16.2 Å². The van der Waals surface area contributed by atoms with Crippen LogP contribution >= 0.6 is 11.6 Å². The first-order chi connectivity index (χ1) is 16.6. The Morgan fingerprint density at radius 3 is 2.37 bits per heavy atom. The number of para-hydroxylation sites is 2. The van der Waals surface area contributed by atoms with E-state index < -0.39 is 0 Å². The number of nitrogens with zero attached hydrogens (tertiary/aromatic N) is 2. The van der Waals surface area contributed by atoms with Gasteiger partial charge in [0.25, 0.3) is 0 Å². The zero-order chi connectivity index (χ0) is 25.0. The molecule has 3 aliphatic rings. The monoisotopic (exact) mass is 487 g/mol. The largest absolute Gasteiger partial charge is 0.347 e. The summed E-state index contributed by atoms with van der Waals surface area (Å²) < 4.78 is 2.36. The van der Waals surface area contributed by atoms with Crippen molar-refractivity contribution < 1.29 is 4.58 Å². The molecule has 0 spiro atoms. The van der Waals surface area contributed by atoms with E-state index in [1.165, 1.54) is 53.2 Å². The third kappa shape index (κ3) is 3.99. The molecule has 3 heteroatoms. The molecule has 5 rings (SSSR count). The highest BCUT2D eigenvalue weighted by molar-refractivity contribution is 6.21. The molecular formula is C32H40ClN2+. The fourth-order valence-corrected chi connectivity index (χ4v) is 7.33. The molecule has 1 saturated carbocycles. The third-order valence-corrected chi connectivity index (χ3v) is 9.65. The molecule has 0 N–H and O–H groups in total. The number of benzene rings is 2. The summed E-state index contributed by atoms with van der Waals surface area (Å²) >= 11 is 7.20. The summed E-state index contributed by atoms with van der Waals surface area (Å²) in [6.07, 6.45) is 11.9. The molecule has 1 aliphatic carbocycles. The van der Waals surface area contributed by atoms with Gasteiger partial charge in [0, 0.05) is 46.9 Å². The Hall–Kier alpha value is -2.32. The standard InChI is InChI=1S/C32H40ClN2/c1-31(2)24-14-7-9-16-26(24)34(5)28(31)20-18-22-12-11-13-23(30(22)33)19-21-29-32(3,4)25-15-8-10-17-27(25)35(29)6/h7-10,14-18,20-23,30H,11-13,19H2,1-6H3/q+1/b20-18+,29-21+. The van der Waals surface area contributed by atoms with Crippen molar-refractivity contribution in [1.82, 2.24) is 0 Å². The van der Waals surface area contributed by atoms with Gasteiger partial charge in [0.1, 0.15) is 7.05 Å². The summed E-state index contributed by atoms with van der Waals surface area (Å²) in [5, 5.41) is 0.173. The van der Waals surface area contributed by atoms with Crippen LogP contribution in [0.2, 0.25) is 0 Å². The molecule has 0 radical (unpaired) electrons. The smallest absolute Gasteiger partial charge is 0.209 e. The van der Waals surface area contributed by atoms with Gasteiger partial charge in [-0.1, -0.05) is 68.8 Å². The molecule has 2 heterocycles. The lowest BCUT2D eigenvalue weighted by Gasteiger charge is -2.33. The number of anilines is 1. The molecule has 1 fully saturated rings. The van der Waals surface area contributed by atoms with Crippen molar-refractivity contribution in [2.24, 2.45) is 11.8 Å². The fraction of sp³-hybridized carbons (Fsp3) is 0.469. The Labute approximate surface area is 217 Å². The normalized spacial score (nSPS) is 28.1. The van der Waals surface area contributed by atoms with Crippen molar-refractivity contribution in [2.75, 3.05) is 19.0 Å². The van der Waals surface area contributed by atoms with Crippen molar-refractivity contribution in [3.8, 4) is 0 Å². The van der Waals surface area contributed by atoms with Crippen molar-refractivity contribution in [3.05, 3.63) is 83.6 Å². The maximum absolute atomic E-state index is 7.20. The van der Waals surface area contributed by atoms with E-state index >= 15 is 0 Å². The number of fused-ring (bicyclic) bond motifs is 2. The molecule has 35 heavy (non-hydrogen) atoms. The quantitative estimate of drug-likeness (QED) is 0.313. The summed E-state index contributed by atoms with van der Waals surface area (Å²) in [7, 11) is 4.40. The van der Waals surface area contributed by atoms with Gasteiger partial charge in [0.05, 0.1) is 5.41 Å². The minimum Gasteiger partial charge on any atom is -0.347 e. The van der Waals surface area contributed by atoms with E-state index in [9.17, 15) is 0 Å². The second-order valence-electron chi connectivity index (χ2n) is 11.8. The number of hydrogen-bond donors (Lipinski definition) is 0. The Morgan fingerprint density at radius 1 is 0.971 bits per heavy atom. The van der Waals surface area contributed by atoms with Crippen LogP contribution in [-0.2, 0) is 10.8 Å². The van der Waals surface area contributed by atoms with E-state index in [2.05, 4.69) is 118 Å². The first-order valence-corrected chi connectivity index (χ1v) is 13.6. The molecule has 0 aromatic heterocycles. The van der Waals surface area contributed by atoms with E-state index in [0.717, 1.165) is 6.42 Å². The predicted molar refractivity (Wildman–Crippen MR) is 151 cm³/mol. The van der Waals surface area contributed by atoms with Crippen LogP contribution in [0.5, 0.6) is 0 Å². The maximum Gasteiger partial charge on any atom is 0.209 e. The molecule has 0 amide bonds. The average Bonchev–Trinajstić information content (AvgIpc) is 3.16. The SMILES string of the molecule is CN1/C(=C/CC2CCCC(/C=C/C3=[N+](C)c4ccccc4C3(C)C)C2Cl)C(C)(C)c2ccccc21. The second kappa shape index (κ2) is 8.96. The molecule has 2 aliphatic heterocycles. The summed E-state index contributed by atoms with van der Waals surface area (Å²) in [5.41, 5.74) is 8.28. The predicted octanol–water partition coefficient (Wildman–Crippen LogP) is 7.97. The molecule has 3 unspecified atom stereocenters. The number of halogens is 1. The zero-order valence-corrected chi connectivity index (χ0v) is 22.9. The fourth-order valence-electron chi connectivity index (χ4n) is 6.89. The summed E-state index contributed by atoms with van der Waals surface area (Å²) in [6, 6.07) is 17.6. The summed E-state index contributed by atoms with van der Waals surface area (Å²) in [5.74, 6) is 0.928. The van der Waals surface area contributed by atoms with E-state index in [1.807, 2.05) is 0 Å². The van der Waals surface area contributed by atoms with Crippen LogP contribution in [-0.4, -0.2) is 29.8 Å². The summed E-state index contributed by atoms with van der Waals surface area (Å²) in [6.45, 7) is 9.36. The lowest BCUT2D eigenvalue weighted by Crippen LogP contribution is -2.30. The molecule has 0 saturated heterocycles. The van der Waals surface area contributed by atoms with E-state index in [4.69, 9.17) is 11.6 Å². The second-order valence-corrected chi connectivity index (χ2v) is 12.3. The highest BCUT2D eigenvalue weighted by Gasteiger charge is 2.43. The first kappa shape index (κ1) is 24.4. The van der Waals surface area contributed by atoms with Gasteiger partial charge < -0.3 is 4.90 Å². The Kier molecular flexibility index (Phi) is 6.24. The van der Waals surface area contributed by atoms with Crippen LogP contribution < -0.4 is 4.90 Å². The third-order valence-electron chi connectivity index (χ3n) is 8.97. The topological polar surface area (TPSA) is 6.25 Å². The highest BCUT2D eigenvalue weighted by Crippen LogP contribution is 2.47. The molecule has 2 nitrogen and oxygen atoms in total. The number of hydrogen-bond acceptors (Lipinski definition) is 1. The van der Waals surface area contributed by atoms with E-state index in [0.29, 0.717) is 11.8 Å². The summed E-state index contributed by atoms with van der Waals surface area (Å²) in [4.78, 5) is 2.38. The highest BCUT2D eigenvalue weighted by atomic mass is 35.5. The van der Waals surface area contributed by atoms with E-state index in [1.54, 1.807) is 0 Å². The Balaban J connectivity index is 1.33. The zero-order valence-electron chi connectivity index (χ0n) is 22.2. The van der Waals surface area contributed by atoms with Crippen LogP contribution in [0.3, 0.4) is 0 Å². The van der Waals surface area contributed by atoms with Crippen molar-refractivity contribution in [2.45, 2.75) is 69.6 Å². The van der Waals surface area contributed by atoms with Gasteiger partial charge >= 0.3 is 0 Å². The minimum absolute atomic E-state index is 0.00971. The van der Waals surface area contributed by atoms with Gasteiger partial charge in [-0.15, -0.1) is 11.6 Å². The van der Waals surface area contributed by atoms with Gasteiger partial charge in [-0.05, 0) is 56.6 Å². The van der Waals surface area contributed by atoms with Crippen LogP contribution in [0.4, 0.5) is 11.4 Å². The lowest BCUT2D eigenvalue weighted by atomic mass is 9.77. The molecular weight excluding hydrogens is 448 g/mol. The first-order valence-electron chi connectivity index (χ1n) is 13.2. The number of likely N-dealkylation sites (N-methyl/N-ethyl adjacent to an activating group) is 1. The van der Waals surface area contributed by atoms with Gasteiger partial charge in [-0.3, -0.25) is 0 Å². The Morgan fingerprint density at radius 2 is 1.66 bits per heavy atom. The van der Waals surface area contributed by atoms with Crippen LogP contribution in [0, 0.1) is 11.8 Å². The van der Waals surface area contributed by atoms with Crippen LogP contribution in [0.1, 0.15) is 64.5 Å². The Bertz CT molecular complexity index is 1220. The van der Waals surface area contributed by atoms with Crippen molar-refractivity contribution in [1.29, 1.82) is 0 Å². The van der Waals surface area contributed by atoms with Gasteiger partial charge in [-0.25, -0.2) is 0 Å². The molecule has 2 aromatic rings. The van der Waals surface area contributed by atoms with Crippen LogP contribution in [0.25, 0.3) is 0 Å².